The van der Waals surface area contributed by atoms with E-state index in [0.717, 1.165) is 6.54 Å². The summed E-state index contributed by atoms with van der Waals surface area (Å²) in [6.07, 6.45) is 7.97. The maximum Gasteiger partial charge on any atom is 0.146 e. The molecule has 0 spiro atoms. The minimum atomic E-state index is 0.383. The van der Waals surface area contributed by atoms with Gasteiger partial charge in [0, 0.05) is 12.7 Å². The van der Waals surface area contributed by atoms with Crippen LogP contribution in [0.3, 0.4) is 0 Å². The molecule has 0 unspecified atom stereocenters. The highest BCUT2D eigenvalue weighted by Gasteiger charge is 2.31. The molecule has 1 aliphatic rings. The zero-order valence-electron chi connectivity index (χ0n) is 10.7. The molecule has 0 bridgehead atoms. The van der Waals surface area contributed by atoms with E-state index in [-0.39, 0.29) is 0 Å². The van der Waals surface area contributed by atoms with Crippen molar-refractivity contribution in [3.05, 3.63) is 22.8 Å². The number of nitriles is 1. The maximum atomic E-state index is 8.93. The van der Waals surface area contributed by atoms with Gasteiger partial charge in [-0.05, 0) is 30.7 Å². The van der Waals surface area contributed by atoms with E-state index in [4.69, 9.17) is 16.9 Å². The molecule has 1 aliphatic carbocycles. The Morgan fingerprint density at radius 3 is 2.83 bits per heavy atom. The molecule has 0 aliphatic heterocycles. The van der Waals surface area contributed by atoms with Crippen LogP contribution in [0.4, 0.5) is 5.82 Å². The highest BCUT2D eigenvalue weighted by Crippen LogP contribution is 2.41. The maximum absolute atomic E-state index is 8.93. The van der Waals surface area contributed by atoms with E-state index in [2.05, 4.69) is 23.3 Å². The molecule has 4 heteroatoms. The van der Waals surface area contributed by atoms with Crippen LogP contribution >= 0.6 is 11.6 Å². The largest absolute Gasteiger partial charge is 0.368 e. The lowest BCUT2D eigenvalue weighted by Crippen LogP contribution is -2.26. The predicted molar refractivity (Wildman–Crippen MR) is 73.6 cm³/mol. The molecule has 1 fully saturated rings. The van der Waals surface area contributed by atoms with Crippen molar-refractivity contribution in [2.45, 2.75) is 39.0 Å². The van der Waals surface area contributed by atoms with Crippen LogP contribution in [0.25, 0.3) is 0 Å². The highest BCUT2D eigenvalue weighted by molar-refractivity contribution is 6.34. The molecule has 96 valence electrons. The number of anilines is 1. The van der Waals surface area contributed by atoms with Gasteiger partial charge in [-0.25, -0.2) is 4.98 Å². The van der Waals surface area contributed by atoms with Crippen LogP contribution in [0.2, 0.25) is 5.02 Å². The average molecular weight is 264 g/mol. The van der Waals surface area contributed by atoms with Crippen molar-refractivity contribution in [1.29, 1.82) is 5.26 Å². The fourth-order valence-electron chi connectivity index (χ4n) is 2.70. The summed E-state index contributed by atoms with van der Waals surface area (Å²) in [4.78, 5) is 4.22. The molecular weight excluding hydrogens is 246 g/mol. The average Bonchev–Trinajstić information content (AvgIpc) is 2.87. The Morgan fingerprint density at radius 1 is 1.50 bits per heavy atom. The molecule has 0 saturated heterocycles. The molecule has 1 saturated carbocycles. The quantitative estimate of drug-likeness (QED) is 0.894. The third kappa shape index (κ3) is 2.59. The predicted octanol–water partition coefficient (Wildman–Crippen LogP) is 3.99. The van der Waals surface area contributed by atoms with E-state index < -0.39 is 0 Å². The molecule has 1 aromatic rings. The number of nitrogens with one attached hydrogen (secondary N) is 1. The van der Waals surface area contributed by atoms with Crippen molar-refractivity contribution in [3.8, 4) is 6.07 Å². The number of aromatic nitrogens is 1. The Kier molecular flexibility index (Phi) is 4.08. The number of hydrogen-bond donors (Lipinski definition) is 1. The summed E-state index contributed by atoms with van der Waals surface area (Å²) in [6.45, 7) is 3.14. The Labute approximate surface area is 113 Å². The molecule has 0 atom stereocenters. The van der Waals surface area contributed by atoms with Gasteiger partial charge in [-0.15, -0.1) is 0 Å². The standard InChI is InChI=1S/C14H18ClN3/c1-2-14(6-3-4-7-14)10-18-13-12(15)11(9-16)5-8-17-13/h5,8H,2-4,6-7,10H2,1H3,(H,17,18). The Morgan fingerprint density at radius 2 is 2.22 bits per heavy atom. The van der Waals surface area contributed by atoms with Gasteiger partial charge in [-0.2, -0.15) is 5.26 Å². The van der Waals surface area contributed by atoms with Gasteiger partial charge in [-0.1, -0.05) is 31.4 Å². The fraction of sp³-hybridized carbons (Fsp3) is 0.571. The van der Waals surface area contributed by atoms with Crippen LogP contribution in [-0.2, 0) is 0 Å². The number of nitrogens with zero attached hydrogens (tertiary/aromatic N) is 2. The van der Waals surface area contributed by atoms with Gasteiger partial charge in [0.05, 0.1) is 5.56 Å². The second kappa shape index (κ2) is 5.58. The Hall–Kier alpha value is -1.27. The first-order valence-electron chi connectivity index (χ1n) is 6.49. The summed E-state index contributed by atoms with van der Waals surface area (Å²) in [5.74, 6) is 0.635. The summed E-state index contributed by atoms with van der Waals surface area (Å²) < 4.78 is 0. The first-order chi connectivity index (χ1) is 8.71. The molecular formula is C14H18ClN3. The first kappa shape index (κ1) is 13.2. The molecule has 3 nitrogen and oxygen atoms in total. The lowest BCUT2D eigenvalue weighted by atomic mass is 9.83. The monoisotopic (exact) mass is 263 g/mol. The van der Waals surface area contributed by atoms with Crippen molar-refractivity contribution in [2.75, 3.05) is 11.9 Å². The number of halogens is 1. The van der Waals surface area contributed by atoms with Crippen molar-refractivity contribution < 1.29 is 0 Å². The van der Waals surface area contributed by atoms with Gasteiger partial charge in [0.1, 0.15) is 16.9 Å². The van der Waals surface area contributed by atoms with E-state index in [1.54, 1.807) is 12.3 Å². The molecule has 0 radical (unpaired) electrons. The lowest BCUT2D eigenvalue weighted by molar-refractivity contribution is 0.306. The first-order valence-corrected chi connectivity index (χ1v) is 6.87. The summed E-state index contributed by atoms with van der Waals surface area (Å²) in [6, 6.07) is 3.71. The van der Waals surface area contributed by atoms with Crippen molar-refractivity contribution >= 4 is 17.4 Å². The number of rotatable bonds is 4. The van der Waals surface area contributed by atoms with Crippen LogP contribution in [0.15, 0.2) is 12.3 Å². The summed E-state index contributed by atoms with van der Waals surface area (Å²) in [5, 5.41) is 12.7. The van der Waals surface area contributed by atoms with Crippen LogP contribution in [0.1, 0.15) is 44.6 Å². The van der Waals surface area contributed by atoms with Gasteiger partial charge in [0.25, 0.3) is 0 Å². The smallest absolute Gasteiger partial charge is 0.146 e. The summed E-state index contributed by atoms with van der Waals surface area (Å²) >= 11 is 6.14. The van der Waals surface area contributed by atoms with Gasteiger partial charge in [-0.3, -0.25) is 0 Å². The summed E-state index contributed by atoms with van der Waals surface area (Å²) in [7, 11) is 0. The lowest BCUT2D eigenvalue weighted by Gasteiger charge is -2.28. The third-order valence-electron chi connectivity index (χ3n) is 4.05. The molecule has 18 heavy (non-hydrogen) atoms. The zero-order chi connectivity index (χ0) is 13.0. The van der Waals surface area contributed by atoms with Gasteiger partial charge in [0.15, 0.2) is 0 Å². The van der Waals surface area contributed by atoms with Gasteiger partial charge < -0.3 is 5.32 Å². The normalized spacial score (nSPS) is 17.4. The van der Waals surface area contributed by atoms with E-state index in [0.29, 0.717) is 21.8 Å². The van der Waals surface area contributed by atoms with Crippen LogP contribution in [0.5, 0.6) is 0 Å². The minimum Gasteiger partial charge on any atom is -0.368 e. The van der Waals surface area contributed by atoms with Gasteiger partial charge in [0.2, 0.25) is 0 Å². The van der Waals surface area contributed by atoms with E-state index >= 15 is 0 Å². The summed E-state index contributed by atoms with van der Waals surface area (Å²) in [5.41, 5.74) is 0.861. The highest BCUT2D eigenvalue weighted by atomic mass is 35.5. The zero-order valence-corrected chi connectivity index (χ0v) is 11.4. The second-order valence-corrected chi connectivity index (χ2v) is 5.43. The minimum absolute atomic E-state index is 0.383. The second-order valence-electron chi connectivity index (χ2n) is 5.05. The van der Waals surface area contributed by atoms with E-state index in [9.17, 15) is 0 Å². The SMILES string of the molecule is CCC1(CNc2nccc(C#N)c2Cl)CCCC1. The van der Waals surface area contributed by atoms with Crippen LogP contribution in [-0.4, -0.2) is 11.5 Å². The van der Waals surface area contributed by atoms with Crippen molar-refractivity contribution in [3.63, 3.8) is 0 Å². The molecule has 2 rings (SSSR count). The Bertz CT molecular complexity index is 459. The fourth-order valence-corrected chi connectivity index (χ4v) is 2.93. The van der Waals surface area contributed by atoms with E-state index in [1.807, 2.05) is 0 Å². The molecule has 0 amide bonds. The van der Waals surface area contributed by atoms with Crippen LogP contribution in [0, 0.1) is 16.7 Å². The van der Waals surface area contributed by atoms with E-state index in [1.165, 1.54) is 32.1 Å². The molecule has 0 aromatic carbocycles. The topological polar surface area (TPSA) is 48.7 Å². The number of hydrogen-bond acceptors (Lipinski definition) is 3. The Balaban J connectivity index is 2.08. The van der Waals surface area contributed by atoms with Crippen molar-refractivity contribution in [1.82, 2.24) is 4.98 Å². The number of pyridine rings is 1. The molecule has 1 aromatic heterocycles. The molecule has 1 heterocycles. The van der Waals surface area contributed by atoms with Gasteiger partial charge >= 0.3 is 0 Å². The van der Waals surface area contributed by atoms with Crippen molar-refractivity contribution in [2.24, 2.45) is 5.41 Å². The third-order valence-corrected chi connectivity index (χ3v) is 4.44. The van der Waals surface area contributed by atoms with Crippen LogP contribution < -0.4 is 5.32 Å². The molecule has 1 N–H and O–H groups in total.